The molecule has 2 heterocycles. The first-order valence-electron chi connectivity index (χ1n) is 9.37. The molecule has 0 radical (unpaired) electrons. The number of nitrogens with one attached hydrogen (secondary N) is 3. The first-order chi connectivity index (χ1) is 14.2. The minimum atomic E-state index is -1.65. The number of alkyl halides is 1. The standard InChI is InChI=1S/C20H24F2N6O2/c1-4-5-24-15-7-17(28-18-14(21)6-12(8-23)9-26-18)25-10-13(15)19(29)27-11-16(22)20(2,3)30/h6-7,9-10,16,30H,4-5,11H2,1-3H3,(H,27,29)(H2,24,25,26,28). The topological polar surface area (TPSA) is 123 Å². The van der Waals surface area contributed by atoms with Crippen LogP contribution in [0.1, 0.15) is 43.1 Å². The summed E-state index contributed by atoms with van der Waals surface area (Å²) >= 11 is 0. The molecule has 1 atom stereocenters. The van der Waals surface area contributed by atoms with E-state index in [-0.39, 0.29) is 29.3 Å². The summed E-state index contributed by atoms with van der Waals surface area (Å²) in [5.41, 5.74) is -0.911. The molecule has 0 aliphatic heterocycles. The third-order valence-electron chi connectivity index (χ3n) is 4.14. The Hall–Kier alpha value is -3.32. The van der Waals surface area contributed by atoms with Gasteiger partial charge in [0.15, 0.2) is 11.6 Å². The third-order valence-corrected chi connectivity index (χ3v) is 4.14. The van der Waals surface area contributed by atoms with Gasteiger partial charge in [-0.25, -0.2) is 18.7 Å². The van der Waals surface area contributed by atoms with E-state index in [0.29, 0.717) is 12.2 Å². The Morgan fingerprint density at radius 1 is 1.33 bits per heavy atom. The molecular formula is C20H24F2N6O2. The number of carbonyl (C=O) groups is 1. The first-order valence-corrected chi connectivity index (χ1v) is 9.37. The van der Waals surface area contributed by atoms with Gasteiger partial charge in [0, 0.05) is 25.0 Å². The van der Waals surface area contributed by atoms with Crippen LogP contribution in [0.3, 0.4) is 0 Å². The molecule has 2 aromatic rings. The number of nitrogens with zero attached hydrogens (tertiary/aromatic N) is 3. The number of carbonyl (C=O) groups excluding carboxylic acids is 1. The molecule has 0 aliphatic rings. The average Bonchev–Trinajstić information content (AvgIpc) is 2.71. The van der Waals surface area contributed by atoms with Crippen LogP contribution in [0, 0.1) is 17.1 Å². The van der Waals surface area contributed by atoms with Crippen LogP contribution >= 0.6 is 0 Å². The first kappa shape index (κ1) is 23.0. The maximum absolute atomic E-state index is 14.1. The van der Waals surface area contributed by atoms with E-state index in [9.17, 15) is 18.7 Å². The highest BCUT2D eigenvalue weighted by molar-refractivity contribution is 5.99. The second-order valence-electron chi connectivity index (χ2n) is 7.16. The van der Waals surface area contributed by atoms with Gasteiger partial charge in [-0.05, 0) is 26.3 Å². The lowest BCUT2D eigenvalue weighted by molar-refractivity contribution is -0.00177. The molecule has 0 bridgehead atoms. The van der Waals surface area contributed by atoms with Gasteiger partial charge in [-0.2, -0.15) is 5.26 Å². The predicted molar refractivity (Wildman–Crippen MR) is 109 cm³/mol. The zero-order valence-corrected chi connectivity index (χ0v) is 17.0. The fourth-order valence-electron chi connectivity index (χ4n) is 2.35. The molecule has 1 amide bonds. The quantitative estimate of drug-likeness (QED) is 0.494. The number of aliphatic hydroxyl groups is 1. The van der Waals surface area contributed by atoms with E-state index in [2.05, 4.69) is 25.9 Å². The number of nitriles is 1. The minimum absolute atomic E-state index is 0.0838. The molecular weight excluding hydrogens is 394 g/mol. The van der Waals surface area contributed by atoms with Crippen LogP contribution in [-0.4, -0.2) is 45.8 Å². The molecule has 0 aromatic carbocycles. The van der Waals surface area contributed by atoms with Crippen LogP contribution in [0.2, 0.25) is 0 Å². The molecule has 2 aromatic heterocycles. The number of anilines is 3. The van der Waals surface area contributed by atoms with Gasteiger partial charge in [-0.15, -0.1) is 0 Å². The Kier molecular flexibility index (Phi) is 7.60. The lowest BCUT2D eigenvalue weighted by Gasteiger charge is -2.22. The second-order valence-corrected chi connectivity index (χ2v) is 7.16. The maximum Gasteiger partial charge on any atom is 0.255 e. The van der Waals surface area contributed by atoms with Crippen LogP contribution in [0.5, 0.6) is 0 Å². The summed E-state index contributed by atoms with van der Waals surface area (Å²) in [4.78, 5) is 20.4. The van der Waals surface area contributed by atoms with Gasteiger partial charge in [-0.1, -0.05) is 6.92 Å². The summed E-state index contributed by atoms with van der Waals surface area (Å²) in [6.45, 7) is 4.77. The molecule has 0 saturated heterocycles. The molecule has 1 unspecified atom stereocenters. The summed E-state index contributed by atoms with van der Waals surface area (Å²) in [5, 5.41) is 26.7. The molecule has 0 saturated carbocycles. The number of aromatic nitrogens is 2. The highest BCUT2D eigenvalue weighted by atomic mass is 19.1. The van der Waals surface area contributed by atoms with E-state index in [1.54, 1.807) is 6.07 Å². The Morgan fingerprint density at radius 2 is 2.07 bits per heavy atom. The number of amides is 1. The maximum atomic E-state index is 14.1. The van der Waals surface area contributed by atoms with Gasteiger partial charge >= 0.3 is 0 Å². The van der Waals surface area contributed by atoms with E-state index in [1.807, 2.05) is 6.92 Å². The van der Waals surface area contributed by atoms with Crippen molar-refractivity contribution in [1.29, 1.82) is 5.26 Å². The van der Waals surface area contributed by atoms with Crippen LogP contribution in [0.15, 0.2) is 24.5 Å². The van der Waals surface area contributed by atoms with Crippen molar-refractivity contribution in [3.8, 4) is 6.07 Å². The summed E-state index contributed by atoms with van der Waals surface area (Å²) in [7, 11) is 0. The van der Waals surface area contributed by atoms with Crippen LogP contribution in [-0.2, 0) is 0 Å². The van der Waals surface area contributed by atoms with Crippen molar-refractivity contribution in [2.75, 3.05) is 23.7 Å². The van der Waals surface area contributed by atoms with E-state index >= 15 is 0 Å². The van der Waals surface area contributed by atoms with E-state index < -0.39 is 23.5 Å². The monoisotopic (exact) mass is 418 g/mol. The molecule has 0 aliphatic carbocycles. The van der Waals surface area contributed by atoms with Gasteiger partial charge in [0.25, 0.3) is 5.91 Å². The van der Waals surface area contributed by atoms with Crippen molar-refractivity contribution in [2.45, 2.75) is 39.0 Å². The Balaban J connectivity index is 2.22. The van der Waals surface area contributed by atoms with Gasteiger partial charge in [-0.3, -0.25) is 4.79 Å². The smallest absolute Gasteiger partial charge is 0.255 e. The zero-order valence-electron chi connectivity index (χ0n) is 17.0. The minimum Gasteiger partial charge on any atom is -0.387 e. The largest absolute Gasteiger partial charge is 0.387 e. The SMILES string of the molecule is CCCNc1cc(Nc2ncc(C#N)cc2F)ncc1C(=O)NCC(F)C(C)(C)O. The second kappa shape index (κ2) is 9.93. The molecule has 160 valence electrons. The Bertz CT molecular complexity index is 940. The zero-order chi connectivity index (χ0) is 22.3. The van der Waals surface area contributed by atoms with E-state index in [4.69, 9.17) is 5.26 Å². The van der Waals surface area contributed by atoms with Gasteiger partial charge in [0.2, 0.25) is 0 Å². The lowest BCUT2D eigenvalue weighted by atomic mass is 10.0. The van der Waals surface area contributed by atoms with E-state index in [0.717, 1.165) is 12.5 Å². The third kappa shape index (κ3) is 6.09. The molecule has 0 spiro atoms. The molecule has 8 nitrogen and oxygen atoms in total. The Labute approximate surface area is 173 Å². The van der Waals surface area contributed by atoms with Gasteiger partial charge < -0.3 is 21.1 Å². The molecule has 2 rings (SSSR count). The van der Waals surface area contributed by atoms with Crippen molar-refractivity contribution in [3.05, 3.63) is 41.5 Å². The van der Waals surface area contributed by atoms with Crippen LogP contribution in [0.4, 0.5) is 26.1 Å². The van der Waals surface area contributed by atoms with Crippen LogP contribution in [0.25, 0.3) is 0 Å². The molecule has 4 N–H and O–H groups in total. The van der Waals surface area contributed by atoms with Crippen molar-refractivity contribution < 1.29 is 18.7 Å². The van der Waals surface area contributed by atoms with Crippen molar-refractivity contribution >= 4 is 23.2 Å². The average molecular weight is 418 g/mol. The van der Waals surface area contributed by atoms with Crippen LogP contribution < -0.4 is 16.0 Å². The summed E-state index contributed by atoms with van der Waals surface area (Å²) in [5.74, 6) is -1.18. The van der Waals surface area contributed by atoms with Crippen molar-refractivity contribution in [1.82, 2.24) is 15.3 Å². The van der Waals surface area contributed by atoms with Crippen molar-refractivity contribution in [3.63, 3.8) is 0 Å². The number of hydrogen-bond donors (Lipinski definition) is 4. The highest BCUT2D eigenvalue weighted by Gasteiger charge is 2.27. The fourth-order valence-corrected chi connectivity index (χ4v) is 2.35. The summed E-state index contributed by atoms with van der Waals surface area (Å²) in [6, 6.07) is 4.35. The highest BCUT2D eigenvalue weighted by Crippen LogP contribution is 2.23. The number of pyridine rings is 2. The number of halogens is 2. The number of hydrogen-bond acceptors (Lipinski definition) is 7. The lowest BCUT2D eigenvalue weighted by Crippen LogP contribution is -2.42. The molecule has 30 heavy (non-hydrogen) atoms. The van der Waals surface area contributed by atoms with Gasteiger partial charge in [0.05, 0.1) is 29.0 Å². The van der Waals surface area contributed by atoms with Crippen molar-refractivity contribution in [2.24, 2.45) is 0 Å². The number of rotatable bonds is 9. The normalized spacial score (nSPS) is 12.0. The summed E-state index contributed by atoms with van der Waals surface area (Å²) < 4.78 is 28.0. The molecule has 10 heteroatoms. The summed E-state index contributed by atoms with van der Waals surface area (Å²) in [6.07, 6.45) is 1.63. The fraction of sp³-hybridized carbons (Fsp3) is 0.400. The molecule has 0 fully saturated rings. The van der Waals surface area contributed by atoms with Gasteiger partial charge in [0.1, 0.15) is 18.1 Å². The Morgan fingerprint density at radius 3 is 2.67 bits per heavy atom. The predicted octanol–water partition coefficient (Wildman–Crippen LogP) is 2.89. The van der Waals surface area contributed by atoms with E-state index in [1.165, 1.54) is 32.3 Å².